The van der Waals surface area contributed by atoms with Crippen molar-refractivity contribution in [2.75, 3.05) is 19.0 Å². The highest BCUT2D eigenvalue weighted by Gasteiger charge is 2.19. The predicted molar refractivity (Wildman–Crippen MR) is 98.4 cm³/mol. The molecule has 0 saturated carbocycles. The van der Waals surface area contributed by atoms with E-state index in [-0.39, 0.29) is 17.0 Å². The van der Waals surface area contributed by atoms with Gasteiger partial charge in [0.1, 0.15) is 11.3 Å². The van der Waals surface area contributed by atoms with E-state index in [0.29, 0.717) is 23.0 Å². The van der Waals surface area contributed by atoms with Gasteiger partial charge in [-0.2, -0.15) is 0 Å². The monoisotopic (exact) mass is 373 g/mol. The average Bonchev–Trinajstić information content (AvgIpc) is 3.04. The van der Waals surface area contributed by atoms with E-state index in [1.807, 2.05) is 12.1 Å². The molecule has 3 rings (SSSR count). The minimum atomic E-state index is -0.579. The van der Waals surface area contributed by atoms with Crippen LogP contribution in [0.5, 0.6) is 11.5 Å². The zero-order chi connectivity index (χ0) is 18.7. The van der Waals surface area contributed by atoms with Crippen LogP contribution in [0.2, 0.25) is 0 Å². The minimum Gasteiger partial charge on any atom is -0.494 e. The summed E-state index contributed by atoms with van der Waals surface area (Å²) in [5.41, 5.74) is 0.532. The van der Waals surface area contributed by atoms with Crippen molar-refractivity contribution >= 4 is 38.3 Å². The molecule has 0 atom stereocenters. The number of anilines is 1. The first-order valence-electron chi connectivity index (χ1n) is 7.69. The summed E-state index contributed by atoms with van der Waals surface area (Å²) in [6.45, 7) is 2.02. The Hall–Kier alpha value is -3.20. The van der Waals surface area contributed by atoms with E-state index in [4.69, 9.17) is 9.47 Å². The molecule has 8 nitrogen and oxygen atoms in total. The van der Waals surface area contributed by atoms with Gasteiger partial charge in [-0.05, 0) is 31.2 Å². The van der Waals surface area contributed by atoms with Gasteiger partial charge >= 0.3 is 5.69 Å². The largest absolute Gasteiger partial charge is 0.494 e. The van der Waals surface area contributed by atoms with Crippen molar-refractivity contribution in [3.05, 3.63) is 52.1 Å². The molecule has 9 heteroatoms. The van der Waals surface area contributed by atoms with Gasteiger partial charge in [0.25, 0.3) is 5.91 Å². The van der Waals surface area contributed by atoms with Crippen molar-refractivity contribution in [1.29, 1.82) is 0 Å². The fourth-order valence-corrected chi connectivity index (χ4v) is 3.27. The van der Waals surface area contributed by atoms with Crippen molar-refractivity contribution in [3.8, 4) is 11.5 Å². The maximum atomic E-state index is 12.5. The minimum absolute atomic E-state index is 0.124. The number of nitrogens with one attached hydrogen (secondary N) is 1. The third-order valence-electron chi connectivity index (χ3n) is 3.54. The number of nitro benzene ring substituents is 1. The summed E-state index contributed by atoms with van der Waals surface area (Å²) >= 11 is 1.29. The number of nitrogens with zero attached hydrogens (tertiary/aromatic N) is 2. The first kappa shape index (κ1) is 17.6. The molecule has 1 amide bonds. The van der Waals surface area contributed by atoms with Crippen LogP contribution in [0.3, 0.4) is 0 Å². The molecule has 3 aromatic rings. The highest BCUT2D eigenvalue weighted by molar-refractivity contribution is 7.22. The molecule has 1 N–H and O–H groups in total. The van der Waals surface area contributed by atoms with Gasteiger partial charge in [0.2, 0.25) is 0 Å². The third kappa shape index (κ3) is 3.42. The molecule has 0 spiro atoms. The lowest BCUT2D eigenvalue weighted by atomic mass is 10.2. The van der Waals surface area contributed by atoms with Gasteiger partial charge in [-0.25, -0.2) is 4.98 Å². The molecule has 1 aromatic heterocycles. The van der Waals surface area contributed by atoms with Crippen LogP contribution < -0.4 is 14.8 Å². The smallest absolute Gasteiger partial charge is 0.311 e. The standard InChI is InChI=1S/C17H15N3O5S/c1-3-25-12-8-7-10(9-11(12)20(22)23)16(21)19-17-18-15-13(24-2)5-4-6-14(15)26-17/h4-9H,3H2,1-2H3,(H,18,19,21). The summed E-state index contributed by atoms with van der Waals surface area (Å²) in [7, 11) is 1.55. The van der Waals surface area contributed by atoms with Crippen molar-refractivity contribution in [3.63, 3.8) is 0 Å². The molecule has 134 valence electrons. The number of benzene rings is 2. The fourth-order valence-electron chi connectivity index (χ4n) is 2.39. The van der Waals surface area contributed by atoms with Crippen LogP contribution in [0.25, 0.3) is 10.2 Å². The maximum absolute atomic E-state index is 12.5. The van der Waals surface area contributed by atoms with Gasteiger partial charge in [0.05, 0.1) is 23.3 Å². The zero-order valence-electron chi connectivity index (χ0n) is 14.0. The lowest BCUT2D eigenvalue weighted by Gasteiger charge is -2.06. The van der Waals surface area contributed by atoms with E-state index in [1.54, 1.807) is 20.1 Å². The number of para-hydroxylation sites is 1. The van der Waals surface area contributed by atoms with Crippen LogP contribution >= 0.6 is 11.3 Å². The van der Waals surface area contributed by atoms with Crippen molar-refractivity contribution in [2.45, 2.75) is 6.92 Å². The molecule has 2 aromatic carbocycles. The number of carbonyl (C=O) groups is 1. The fraction of sp³-hybridized carbons (Fsp3) is 0.176. The van der Waals surface area contributed by atoms with Gasteiger partial charge < -0.3 is 9.47 Å². The number of carbonyl (C=O) groups excluding carboxylic acids is 1. The van der Waals surface area contributed by atoms with Crippen LogP contribution in [0, 0.1) is 10.1 Å². The Morgan fingerprint density at radius 1 is 1.31 bits per heavy atom. The van der Waals surface area contributed by atoms with Crippen LogP contribution in [-0.2, 0) is 0 Å². The SMILES string of the molecule is CCOc1ccc(C(=O)Nc2nc3c(OC)cccc3s2)cc1[N+](=O)[O-]. The van der Waals surface area contributed by atoms with E-state index < -0.39 is 10.8 Å². The number of rotatable bonds is 6. The first-order chi connectivity index (χ1) is 12.5. The second kappa shape index (κ2) is 7.36. The number of ether oxygens (including phenoxy) is 2. The van der Waals surface area contributed by atoms with Crippen molar-refractivity contribution in [2.24, 2.45) is 0 Å². The van der Waals surface area contributed by atoms with E-state index in [9.17, 15) is 14.9 Å². The van der Waals surface area contributed by atoms with Gasteiger partial charge in [-0.1, -0.05) is 17.4 Å². The number of methoxy groups -OCH3 is 1. The van der Waals surface area contributed by atoms with E-state index in [1.165, 1.54) is 29.5 Å². The summed E-state index contributed by atoms with van der Waals surface area (Å²) in [6.07, 6.45) is 0. The highest BCUT2D eigenvalue weighted by Crippen LogP contribution is 2.33. The summed E-state index contributed by atoms with van der Waals surface area (Å²) in [6, 6.07) is 9.56. The molecule has 26 heavy (non-hydrogen) atoms. The molecule has 0 saturated heterocycles. The van der Waals surface area contributed by atoms with Crippen molar-refractivity contribution in [1.82, 2.24) is 4.98 Å². The van der Waals surface area contributed by atoms with Gasteiger partial charge in [0.15, 0.2) is 10.9 Å². The maximum Gasteiger partial charge on any atom is 0.311 e. The molecule has 0 aliphatic rings. The summed E-state index contributed by atoms with van der Waals surface area (Å²) in [4.78, 5) is 27.4. The van der Waals surface area contributed by atoms with Crippen molar-refractivity contribution < 1.29 is 19.2 Å². The number of fused-ring (bicyclic) bond motifs is 1. The normalized spacial score (nSPS) is 10.5. The summed E-state index contributed by atoms with van der Waals surface area (Å²) in [5.74, 6) is 0.240. The zero-order valence-corrected chi connectivity index (χ0v) is 14.8. The quantitative estimate of drug-likeness (QED) is 0.520. The molecule has 0 fully saturated rings. The molecular weight excluding hydrogens is 358 g/mol. The number of nitro groups is 1. The van der Waals surface area contributed by atoms with Gasteiger partial charge in [-0.15, -0.1) is 0 Å². The predicted octanol–water partition coefficient (Wildman–Crippen LogP) is 3.86. The summed E-state index contributed by atoms with van der Waals surface area (Å²) < 4.78 is 11.3. The second-order valence-electron chi connectivity index (χ2n) is 5.15. The summed E-state index contributed by atoms with van der Waals surface area (Å²) in [5, 5.41) is 14.2. The Balaban J connectivity index is 1.88. The van der Waals surface area contributed by atoms with Crippen LogP contribution in [0.4, 0.5) is 10.8 Å². The van der Waals surface area contributed by atoms with Gasteiger partial charge in [-0.3, -0.25) is 20.2 Å². The van der Waals surface area contributed by atoms with E-state index in [2.05, 4.69) is 10.3 Å². The topological polar surface area (TPSA) is 104 Å². The van der Waals surface area contributed by atoms with Crippen LogP contribution in [-0.4, -0.2) is 29.5 Å². The Kier molecular flexibility index (Phi) is 4.99. The molecule has 0 radical (unpaired) electrons. The van der Waals surface area contributed by atoms with Crippen LogP contribution in [0.15, 0.2) is 36.4 Å². The number of thiazole rings is 1. The Morgan fingerprint density at radius 3 is 2.81 bits per heavy atom. The average molecular weight is 373 g/mol. The van der Waals surface area contributed by atoms with E-state index in [0.717, 1.165) is 4.70 Å². The number of hydrogen-bond acceptors (Lipinski definition) is 7. The Morgan fingerprint density at radius 2 is 2.12 bits per heavy atom. The third-order valence-corrected chi connectivity index (χ3v) is 4.48. The van der Waals surface area contributed by atoms with Gasteiger partial charge in [0, 0.05) is 11.6 Å². The molecule has 0 aliphatic carbocycles. The van der Waals surface area contributed by atoms with E-state index >= 15 is 0 Å². The number of hydrogen-bond donors (Lipinski definition) is 1. The number of amides is 1. The molecule has 0 bridgehead atoms. The number of aromatic nitrogens is 1. The Labute approximate surface area is 152 Å². The highest BCUT2D eigenvalue weighted by atomic mass is 32.1. The molecule has 0 unspecified atom stereocenters. The van der Waals surface area contributed by atoms with Crippen LogP contribution in [0.1, 0.15) is 17.3 Å². The lowest BCUT2D eigenvalue weighted by molar-refractivity contribution is -0.385. The molecular formula is C17H15N3O5S. The second-order valence-corrected chi connectivity index (χ2v) is 6.18. The first-order valence-corrected chi connectivity index (χ1v) is 8.51. The Bertz CT molecular complexity index is 986. The molecule has 1 heterocycles. The molecule has 0 aliphatic heterocycles. The lowest BCUT2D eigenvalue weighted by Crippen LogP contribution is -2.12.